The number of ether oxygens (including phenoxy) is 1. The van der Waals surface area contributed by atoms with Crippen LogP contribution in [0.1, 0.15) is 20.7 Å². The van der Waals surface area contributed by atoms with E-state index in [1.165, 1.54) is 0 Å². The fourth-order valence-electron chi connectivity index (χ4n) is 3.49. The van der Waals surface area contributed by atoms with Gasteiger partial charge < -0.3 is 30.0 Å². The van der Waals surface area contributed by atoms with E-state index in [2.05, 4.69) is 15.2 Å². The molecule has 0 saturated carbocycles. The van der Waals surface area contributed by atoms with Crippen LogP contribution in [0.5, 0.6) is 5.75 Å². The number of amides is 2. The molecule has 0 unspecified atom stereocenters. The minimum Gasteiger partial charge on any atom is -0.497 e. The molecular formula is C23H25N5O4. The molecule has 1 aromatic heterocycles. The van der Waals surface area contributed by atoms with Gasteiger partial charge in [0.05, 0.1) is 13.3 Å². The fourth-order valence-corrected chi connectivity index (χ4v) is 3.49. The van der Waals surface area contributed by atoms with Gasteiger partial charge in [-0.25, -0.2) is 4.98 Å². The molecule has 1 fully saturated rings. The molecule has 166 valence electrons. The molecule has 0 spiro atoms. The molecule has 1 aliphatic rings. The van der Waals surface area contributed by atoms with Crippen LogP contribution in [0.4, 0.5) is 11.7 Å². The van der Waals surface area contributed by atoms with E-state index < -0.39 is 5.91 Å². The SMILES string of the molecule is COc1cc(Nc2ncc(-c3ccc(C(N)=O)cc3)o2)cc(C(=O)N2CCN(C)CC2)c1. The van der Waals surface area contributed by atoms with Crippen LogP contribution in [0.3, 0.4) is 0 Å². The maximum Gasteiger partial charge on any atom is 0.299 e. The van der Waals surface area contributed by atoms with Crippen molar-refractivity contribution in [3.05, 3.63) is 59.8 Å². The lowest BCUT2D eigenvalue weighted by atomic mass is 10.1. The van der Waals surface area contributed by atoms with Gasteiger partial charge in [-0.2, -0.15) is 0 Å². The number of hydrogen-bond acceptors (Lipinski definition) is 7. The Hall–Kier alpha value is -3.85. The van der Waals surface area contributed by atoms with Crippen LogP contribution < -0.4 is 15.8 Å². The number of anilines is 2. The Kier molecular flexibility index (Phi) is 6.09. The number of nitrogens with one attached hydrogen (secondary N) is 1. The zero-order valence-corrected chi connectivity index (χ0v) is 18.0. The molecule has 3 aromatic rings. The zero-order chi connectivity index (χ0) is 22.7. The number of aromatic nitrogens is 1. The van der Waals surface area contributed by atoms with Crippen molar-refractivity contribution < 1.29 is 18.7 Å². The summed E-state index contributed by atoms with van der Waals surface area (Å²) in [5.74, 6) is 0.556. The monoisotopic (exact) mass is 435 g/mol. The minimum atomic E-state index is -0.489. The molecule has 32 heavy (non-hydrogen) atoms. The van der Waals surface area contributed by atoms with Crippen molar-refractivity contribution in [1.29, 1.82) is 0 Å². The number of carbonyl (C=O) groups is 2. The molecule has 0 radical (unpaired) electrons. The van der Waals surface area contributed by atoms with Gasteiger partial charge in [0.1, 0.15) is 5.75 Å². The normalized spacial score (nSPS) is 14.2. The highest BCUT2D eigenvalue weighted by Crippen LogP contribution is 2.28. The number of carbonyl (C=O) groups excluding carboxylic acids is 2. The molecule has 9 nitrogen and oxygen atoms in total. The standard InChI is InChI=1S/C23H25N5O4/c1-27-7-9-28(10-8-27)22(30)17-11-18(13-19(12-17)31-2)26-23-25-14-20(32-23)15-3-5-16(6-4-15)21(24)29/h3-6,11-14H,7-10H2,1-2H3,(H2,24,29)(H,25,26). The summed E-state index contributed by atoms with van der Waals surface area (Å²) in [4.78, 5) is 32.5. The summed E-state index contributed by atoms with van der Waals surface area (Å²) < 4.78 is 11.2. The number of methoxy groups -OCH3 is 1. The van der Waals surface area contributed by atoms with Gasteiger partial charge >= 0.3 is 0 Å². The number of nitrogens with zero attached hydrogens (tertiary/aromatic N) is 3. The molecular weight excluding hydrogens is 410 g/mol. The number of hydrogen-bond donors (Lipinski definition) is 2. The first-order valence-electron chi connectivity index (χ1n) is 10.2. The van der Waals surface area contributed by atoms with Gasteiger partial charge in [0.25, 0.3) is 11.9 Å². The number of oxazole rings is 1. The Morgan fingerprint density at radius 2 is 1.78 bits per heavy atom. The highest BCUT2D eigenvalue weighted by molar-refractivity contribution is 5.96. The summed E-state index contributed by atoms with van der Waals surface area (Å²) in [7, 11) is 3.61. The summed E-state index contributed by atoms with van der Waals surface area (Å²) in [6.07, 6.45) is 1.58. The van der Waals surface area contributed by atoms with Crippen molar-refractivity contribution >= 4 is 23.5 Å². The lowest BCUT2D eigenvalue weighted by Crippen LogP contribution is -2.47. The molecule has 1 saturated heterocycles. The number of rotatable bonds is 6. The summed E-state index contributed by atoms with van der Waals surface area (Å²) in [6.45, 7) is 3.07. The van der Waals surface area contributed by atoms with E-state index in [-0.39, 0.29) is 11.9 Å². The van der Waals surface area contributed by atoms with Gasteiger partial charge in [-0.1, -0.05) is 12.1 Å². The first kappa shape index (κ1) is 21.4. The zero-order valence-electron chi connectivity index (χ0n) is 18.0. The second kappa shape index (κ2) is 9.11. The molecule has 4 rings (SSSR count). The Morgan fingerprint density at radius 1 is 1.06 bits per heavy atom. The molecule has 2 heterocycles. The third-order valence-corrected chi connectivity index (χ3v) is 5.39. The maximum atomic E-state index is 13.0. The summed E-state index contributed by atoms with van der Waals surface area (Å²) in [5, 5.41) is 3.09. The van der Waals surface area contributed by atoms with E-state index >= 15 is 0 Å². The van der Waals surface area contributed by atoms with Gasteiger partial charge in [0.15, 0.2) is 5.76 Å². The van der Waals surface area contributed by atoms with Gasteiger partial charge in [-0.3, -0.25) is 9.59 Å². The second-order valence-electron chi connectivity index (χ2n) is 7.64. The molecule has 0 bridgehead atoms. The first-order chi connectivity index (χ1) is 15.4. The predicted molar refractivity (Wildman–Crippen MR) is 120 cm³/mol. The van der Waals surface area contributed by atoms with Crippen molar-refractivity contribution in [2.75, 3.05) is 45.7 Å². The van der Waals surface area contributed by atoms with Crippen molar-refractivity contribution in [2.24, 2.45) is 5.73 Å². The smallest absolute Gasteiger partial charge is 0.299 e. The Morgan fingerprint density at radius 3 is 2.44 bits per heavy atom. The van der Waals surface area contributed by atoms with Gasteiger partial charge in [0, 0.05) is 54.6 Å². The predicted octanol–water partition coefficient (Wildman–Crippen LogP) is 2.58. The topological polar surface area (TPSA) is 114 Å². The maximum absolute atomic E-state index is 13.0. The van der Waals surface area contributed by atoms with Gasteiger partial charge in [0.2, 0.25) is 5.91 Å². The quantitative estimate of drug-likeness (QED) is 0.612. The van der Waals surface area contributed by atoms with Crippen LogP contribution in [0.2, 0.25) is 0 Å². The number of benzene rings is 2. The molecule has 3 N–H and O–H groups in total. The van der Waals surface area contributed by atoms with Crippen LogP contribution in [0.25, 0.3) is 11.3 Å². The molecule has 0 atom stereocenters. The van der Waals surface area contributed by atoms with Crippen LogP contribution in [0.15, 0.2) is 53.1 Å². The Bertz CT molecular complexity index is 1120. The molecule has 9 heteroatoms. The van der Waals surface area contributed by atoms with E-state index in [4.69, 9.17) is 14.9 Å². The number of piperazine rings is 1. The number of nitrogens with two attached hydrogens (primary N) is 1. The lowest BCUT2D eigenvalue weighted by Gasteiger charge is -2.32. The van der Waals surface area contributed by atoms with Crippen LogP contribution in [-0.4, -0.2) is 66.9 Å². The molecule has 2 aromatic carbocycles. The van der Waals surface area contributed by atoms with E-state index in [9.17, 15) is 9.59 Å². The highest BCUT2D eigenvalue weighted by Gasteiger charge is 2.21. The fraction of sp³-hybridized carbons (Fsp3) is 0.261. The number of primary amides is 1. The van der Waals surface area contributed by atoms with E-state index in [0.29, 0.717) is 41.4 Å². The largest absolute Gasteiger partial charge is 0.497 e. The Labute approximate surface area is 185 Å². The third kappa shape index (κ3) is 4.73. The lowest BCUT2D eigenvalue weighted by molar-refractivity contribution is 0.0663. The minimum absolute atomic E-state index is 0.0392. The molecule has 2 amide bonds. The van der Waals surface area contributed by atoms with Crippen LogP contribution >= 0.6 is 0 Å². The summed E-state index contributed by atoms with van der Waals surface area (Å²) in [5.41, 5.74) is 7.61. The molecule has 0 aliphatic carbocycles. The third-order valence-electron chi connectivity index (χ3n) is 5.39. The van der Waals surface area contributed by atoms with Gasteiger partial charge in [-0.05, 0) is 31.3 Å². The molecule has 1 aliphatic heterocycles. The Balaban J connectivity index is 1.52. The van der Waals surface area contributed by atoms with Crippen molar-refractivity contribution in [2.45, 2.75) is 0 Å². The first-order valence-corrected chi connectivity index (χ1v) is 10.2. The van der Waals surface area contributed by atoms with Crippen molar-refractivity contribution in [1.82, 2.24) is 14.8 Å². The van der Waals surface area contributed by atoms with Crippen molar-refractivity contribution in [3.63, 3.8) is 0 Å². The second-order valence-corrected chi connectivity index (χ2v) is 7.64. The average Bonchev–Trinajstić information content (AvgIpc) is 3.27. The van der Waals surface area contributed by atoms with Crippen LogP contribution in [-0.2, 0) is 0 Å². The van der Waals surface area contributed by atoms with Gasteiger partial charge in [-0.15, -0.1) is 0 Å². The summed E-state index contributed by atoms with van der Waals surface area (Å²) >= 11 is 0. The average molecular weight is 435 g/mol. The van der Waals surface area contributed by atoms with E-state index in [1.54, 1.807) is 55.8 Å². The van der Waals surface area contributed by atoms with Crippen LogP contribution in [0, 0.1) is 0 Å². The number of likely N-dealkylation sites (N-methyl/N-ethyl adjacent to an activating group) is 1. The highest BCUT2D eigenvalue weighted by atomic mass is 16.5. The summed E-state index contributed by atoms with van der Waals surface area (Å²) in [6, 6.07) is 12.3. The van der Waals surface area contributed by atoms with Crippen molar-refractivity contribution in [3.8, 4) is 17.1 Å². The van der Waals surface area contributed by atoms with E-state index in [0.717, 1.165) is 18.7 Å². The van der Waals surface area contributed by atoms with E-state index in [1.807, 2.05) is 11.9 Å².